The first-order valence-corrected chi connectivity index (χ1v) is 7.71. The second-order valence-electron chi connectivity index (χ2n) is 4.26. The highest BCUT2D eigenvalue weighted by Gasteiger charge is 2.35. The maximum atomic E-state index is 12.9. The van der Waals surface area contributed by atoms with Gasteiger partial charge in [-0.15, -0.1) is 0 Å². The topological polar surface area (TPSA) is 92.7 Å². The first-order valence-electron chi connectivity index (χ1n) is 5.79. The number of carboxylic acids is 1. The molecule has 2 rings (SSSR count). The summed E-state index contributed by atoms with van der Waals surface area (Å²) in [5, 5.41) is 7.54. The number of carbonyl (C=O) groups is 1. The summed E-state index contributed by atoms with van der Waals surface area (Å²) in [5.41, 5.74) is -0.305. The van der Waals surface area contributed by atoms with Crippen LogP contribution in [0.5, 0.6) is 0 Å². The molecule has 0 aliphatic carbocycles. The monoisotopic (exact) mass is 335 g/mol. The van der Waals surface area contributed by atoms with Gasteiger partial charge in [-0.25, -0.2) is 17.6 Å². The predicted octanol–water partition coefficient (Wildman–Crippen LogP) is 1.63. The SMILES string of the molecule is O=C(O)C1=CCOC[C@@H]1S(=O)(=O)Nc1ccc(F)cc1Cl. The standard InChI is InChI=1S/C12H11ClFNO5S/c13-9-5-7(14)1-2-10(9)15-21(18,19)11-6-20-4-3-8(11)12(16)17/h1-3,5,11,15H,4,6H2,(H,16,17)/t11-/m0/s1. The van der Waals surface area contributed by atoms with Gasteiger partial charge in [0.2, 0.25) is 10.0 Å². The van der Waals surface area contributed by atoms with E-state index in [-0.39, 0.29) is 29.5 Å². The Hall–Kier alpha value is -1.64. The Morgan fingerprint density at radius 1 is 1.48 bits per heavy atom. The summed E-state index contributed by atoms with van der Waals surface area (Å²) in [7, 11) is -4.10. The number of sulfonamides is 1. The molecule has 0 unspecified atom stereocenters. The summed E-state index contributed by atoms with van der Waals surface area (Å²) >= 11 is 5.74. The van der Waals surface area contributed by atoms with Crippen LogP contribution < -0.4 is 4.72 Å². The number of ether oxygens (including phenoxy) is 1. The van der Waals surface area contributed by atoms with Gasteiger partial charge in [0.05, 0.1) is 29.5 Å². The van der Waals surface area contributed by atoms with Crippen molar-refractivity contribution >= 4 is 33.3 Å². The van der Waals surface area contributed by atoms with E-state index in [9.17, 15) is 17.6 Å². The Morgan fingerprint density at radius 2 is 2.19 bits per heavy atom. The minimum absolute atomic E-state index is 0.0327. The first kappa shape index (κ1) is 15.7. The Balaban J connectivity index is 2.31. The van der Waals surface area contributed by atoms with Gasteiger partial charge in [-0.1, -0.05) is 11.6 Å². The summed E-state index contributed by atoms with van der Waals surface area (Å²) < 4.78 is 44.6. The highest BCUT2D eigenvalue weighted by atomic mass is 35.5. The van der Waals surface area contributed by atoms with Crippen molar-refractivity contribution < 1.29 is 27.4 Å². The van der Waals surface area contributed by atoms with Gasteiger partial charge in [0, 0.05) is 0 Å². The average Bonchev–Trinajstić information content (AvgIpc) is 2.42. The Morgan fingerprint density at radius 3 is 2.81 bits per heavy atom. The van der Waals surface area contributed by atoms with Crippen LogP contribution in [0.1, 0.15) is 0 Å². The van der Waals surface area contributed by atoms with Crippen LogP contribution in [-0.2, 0) is 19.6 Å². The van der Waals surface area contributed by atoms with E-state index in [1.807, 2.05) is 0 Å². The Bertz CT molecular complexity index is 704. The van der Waals surface area contributed by atoms with Crippen molar-refractivity contribution in [1.29, 1.82) is 0 Å². The normalized spacial score (nSPS) is 19.0. The Kier molecular flexibility index (Phi) is 4.50. The number of anilines is 1. The van der Waals surface area contributed by atoms with Crippen molar-refractivity contribution in [3.05, 3.63) is 40.7 Å². The number of rotatable bonds is 4. The van der Waals surface area contributed by atoms with Crippen molar-refractivity contribution in [2.24, 2.45) is 0 Å². The van der Waals surface area contributed by atoms with Gasteiger partial charge in [0.15, 0.2) is 0 Å². The highest BCUT2D eigenvalue weighted by Crippen LogP contribution is 2.26. The second kappa shape index (κ2) is 6.00. The van der Waals surface area contributed by atoms with Gasteiger partial charge in [0.1, 0.15) is 11.1 Å². The van der Waals surface area contributed by atoms with Crippen LogP contribution >= 0.6 is 11.6 Å². The second-order valence-corrected chi connectivity index (χ2v) is 6.53. The maximum absolute atomic E-state index is 12.9. The molecule has 0 amide bonds. The first-order chi connectivity index (χ1) is 9.81. The van der Waals surface area contributed by atoms with E-state index in [4.69, 9.17) is 21.4 Å². The molecule has 0 fully saturated rings. The fourth-order valence-electron chi connectivity index (χ4n) is 1.82. The molecule has 0 saturated carbocycles. The number of carboxylic acid groups (broad SMARTS) is 1. The number of halogens is 2. The molecular weight excluding hydrogens is 325 g/mol. The number of benzene rings is 1. The van der Waals surface area contributed by atoms with Crippen molar-refractivity contribution in [1.82, 2.24) is 0 Å². The zero-order valence-corrected chi connectivity index (χ0v) is 12.1. The molecule has 1 aromatic rings. The van der Waals surface area contributed by atoms with Crippen LogP contribution in [0.25, 0.3) is 0 Å². The summed E-state index contributed by atoms with van der Waals surface area (Å²) in [6.07, 6.45) is 1.20. The van der Waals surface area contributed by atoms with E-state index < -0.39 is 27.1 Å². The van der Waals surface area contributed by atoms with Gasteiger partial charge in [0.25, 0.3) is 0 Å². The van der Waals surface area contributed by atoms with Crippen LogP contribution in [0, 0.1) is 5.82 Å². The lowest BCUT2D eigenvalue weighted by atomic mass is 10.1. The molecule has 1 aliphatic rings. The van der Waals surface area contributed by atoms with E-state index in [2.05, 4.69) is 4.72 Å². The van der Waals surface area contributed by atoms with E-state index in [0.717, 1.165) is 18.2 Å². The number of nitrogens with one attached hydrogen (secondary N) is 1. The van der Waals surface area contributed by atoms with Gasteiger partial charge in [-0.2, -0.15) is 0 Å². The van der Waals surface area contributed by atoms with Crippen LogP contribution in [0.15, 0.2) is 29.8 Å². The maximum Gasteiger partial charge on any atom is 0.332 e. The molecule has 0 bridgehead atoms. The third-order valence-corrected chi connectivity index (χ3v) is 4.80. The zero-order valence-electron chi connectivity index (χ0n) is 10.5. The fraction of sp³-hybridized carbons (Fsp3) is 0.250. The molecule has 9 heteroatoms. The molecule has 1 heterocycles. The van der Waals surface area contributed by atoms with Gasteiger partial charge >= 0.3 is 5.97 Å². The zero-order chi connectivity index (χ0) is 15.6. The largest absolute Gasteiger partial charge is 0.478 e. The summed E-state index contributed by atoms with van der Waals surface area (Å²) in [5.74, 6) is -1.95. The lowest BCUT2D eigenvalue weighted by Gasteiger charge is -2.23. The number of aliphatic carboxylic acids is 1. The molecule has 21 heavy (non-hydrogen) atoms. The van der Waals surface area contributed by atoms with Crippen LogP contribution in [0.4, 0.5) is 10.1 Å². The van der Waals surface area contributed by atoms with Crippen molar-refractivity contribution in [2.75, 3.05) is 17.9 Å². The lowest BCUT2D eigenvalue weighted by Crippen LogP contribution is -2.38. The van der Waals surface area contributed by atoms with E-state index in [1.54, 1.807) is 0 Å². The van der Waals surface area contributed by atoms with Gasteiger partial charge in [-0.05, 0) is 24.3 Å². The number of hydrogen-bond donors (Lipinski definition) is 2. The minimum Gasteiger partial charge on any atom is -0.478 e. The highest BCUT2D eigenvalue weighted by molar-refractivity contribution is 7.93. The molecule has 0 saturated heterocycles. The minimum atomic E-state index is -4.10. The molecule has 0 radical (unpaired) electrons. The Labute approximate surface area is 125 Å². The summed E-state index contributed by atoms with van der Waals surface area (Å²) in [4.78, 5) is 11.1. The molecule has 2 N–H and O–H groups in total. The van der Waals surface area contributed by atoms with Crippen LogP contribution in [-0.4, -0.2) is 38.0 Å². The smallest absolute Gasteiger partial charge is 0.332 e. The number of hydrogen-bond acceptors (Lipinski definition) is 4. The van der Waals surface area contributed by atoms with Crippen molar-refractivity contribution in [3.63, 3.8) is 0 Å². The van der Waals surface area contributed by atoms with Crippen LogP contribution in [0.2, 0.25) is 5.02 Å². The van der Waals surface area contributed by atoms with Crippen LogP contribution in [0.3, 0.4) is 0 Å². The third kappa shape index (κ3) is 3.52. The van der Waals surface area contributed by atoms with Gasteiger partial charge in [-0.3, -0.25) is 4.72 Å². The average molecular weight is 336 g/mol. The molecule has 114 valence electrons. The molecule has 1 atom stereocenters. The molecule has 0 aromatic heterocycles. The van der Waals surface area contributed by atoms with E-state index in [0.29, 0.717) is 0 Å². The van der Waals surface area contributed by atoms with E-state index in [1.165, 1.54) is 6.08 Å². The quantitative estimate of drug-likeness (QED) is 0.872. The summed E-state index contributed by atoms with van der Waals surface area (Å²) in [6.45, 7) is -0.253. The van der Waals surface area contributed by atoms with Crippen molar-refractivity contribution in [3.8, 4) is 0 Å². The molecule has 0 spiro atoms. The summed E-state index contributed by atoms with van der Waals surface area (Å²) in [6, 6.07) is 3.14. The lowest BCUT2D eigenvalue weighted by molar-refractivity contribution is -0.133. The third-order valence-electron chi connectivity index (χ3n) is 2.84. The predicted molar refractivity (Wildman–Crippen MR) is 74.3 cm³/mol. The van der Waals surface area contributed by atoms with Gasteiger partial charge < -0.3 is 9.84 Å². The van der Waals surface area contributed by atoms with E-state index >= 15 is 0 Å². The molecule has 1 aromatic carbocycles. The fourth-order valence-corrected chi connectivity index (χ4v) is 3.53. The molecular formula is C12H11ClFNO5S. The molecule has 1 aliphatic heterocycles. The molecule has 6 nitrogen and oxygen atoms in total. The van der Waals surface area contributed by atoms with Crippen molar-refractivity contribution in [2.45, 2.75) is 5.25 Å².